The zero-order valence-corrected chi connectivity index (χ0v) is 11.5. The maximum atomic E-state index is 12.0. The Bertz CT molecular complexity index is 588. The highest BCUT2D eigenvalue weighted by molar-refractivity contribution is 5.88. The second-order valence-corrected chi connectivity index (χ2v) is 5.11. The van der Waals surface area contributed by atoms with Crippen molar-refractivity contribution >= 4 is 22.7 Å². The summed E-state index contributed by atoms with van der Waals surface area (Å²) in [5.74, 6) is 1.01. The first-order chi connectivity index (χ1) is 9.84. The van der Waals surface area contributed by atoms with Crippen molar-refractivity contribution in [1.82, 2.24) is 9.88 Å². The van der Waals surface area contributed by atoms with Crippen molar-refractivity contribution in [2.45, 2.75) is 25.7 Å². The number of carbonyl (C=O) groups excluding carboxylic acids is 1. The normalized spacial score (nSPS) is 15.5. The summed E-state index contributed by atoms with van der Waals surface area (Å²) in [6.07, 6.45) is 7.38. The zero-order valence-electron chi connectivity index (χ0n) is 11.5. The molecule has 1 saturated heterocycles. The molecule has 0 saturated carbocycles. The molecule has 5 nitrogen and oxygen atoms in total. The smallest absolute Gasteiger partial charge is 0.224 e. The standard InChI is InChI=1S/C15H19N3O2/c19-14(18-9-2-1-3-10-18)5-8-17-15-12-6-11-20-13(12)4-7-16-15/h4,6-7,11H,1-3,5,8-10H2,(H,16,17). The van der Waals surface area contributed by atoms with Gasteiger partial charge in [-0.05, 0) is 31.4 Å². The highest BCUT2D eigenvalue weighted by atomic mass is 16.3. The number of pyridine rings is 1. The number of anilines is 1. The van der Waals surface area contributed by atoms with E-state index in [1.165, 1.54) is 6.42 Å². The van der Waals surface area contributed by atoms with Crippen molar-refractivity contribution in [2.24, 2.45) is 0 Å². The van der Waals surface area contributed by atoms with Crippen LogP contribution in [0.3, 0.4) is 0 Å². The highest BCUT2D eigenvalue weighted by Crippen LogP contribution is 2.21. The fraction of sp³-hybridized carbons (Fsp3) is 0.467. The van der Waals surface area contributed by atoms with E-state index in [0.29, 0.717) is 13.0 Å². The van der Waals surface area contributed by atoms with Crippen molar-refractivity contribution in [3.05, 3.63) is 24.6 Å². The van der Waals surface area contributed by atoms with Crippen molar-refractivity contribution in [3.8, 4) is 0 Å². The van der Waals surface area contributed by atoms with Crippen LogP contribution < -0.4 is 5.32 Å². The number of furan rings is 1. The van der Waals surface area contributed by atoms with Crippen molar-refractivity contribution in [1.29, 1.82) is 0 Å². The molecule has 2 aromatic rings. The molecule has 0 bridgehead atoms. The lowest BCUT2D eigenvalue weighted by molar-refractivity contribution is -0.131. The minimum absolute atomic E-state index is 0.233. The Morgan fingerprint density at radius 3 is 3.00 bits per heavy atom. The molecular weight excluding hydrogens is 254 g/mol. The van der Waals surface area contributed by atoms with Gasteiger partial charge in [0.2, 0.25) is 5.91 Å². The quantitative estimate of drug-likeness (QED) is 0.930. The summed E-state index contributed by atoms with van der Waals surface area (Å²) in [5, 5.41) is 4.18. The van der Waals surface area contributed by atoms with E-state index in [-0.39, 0.29) is 5.91 Å². The molecule has 3 rings (SSSR count). The second-order valence-electron chi connectivity index (χ2n) is 5.11. The van der Waals surface area contributed by atoms with Crippen molar-refractivity contribution < 1.29 is 9.21 Å². The van der Waals surface area contributed by atoms with Gasteiger partial charge in [-0.25, -0.2) is 4.98 Å². The van der Waals surface area contributed by atoms with E-state index in [0.717, 1.165) is 42.7 Å². The predicted molar refractivity (Wildman–Crippen MR) is 77.5 cm³/mol. The molecule has 1 fully saturated rings. The summed E-state index contributed by atoms with van der Waals surface area (Å²) < 4.78 is 5.33. The van der Waals surface area contributed by atoms with Gasteiger partial charge in [-0.1, -0.05) is 0 Å². The van der Waals surface area contributed by atoms with E-state index in [1.807, 2.05) is 17.0 Å². The molecule has 106 valence electrons. The number of fused-ring (bicyclic) bond motifs is 1. The average Bonchev–Trinajstić information content (AvgIpc) is 2.97. The van der Waals surface area contributed by atoms with E-state index in [9.17, 15) is 4.79 Å². The minimum Gasteiger partial charge on any atom is -0.464 e. The number of likely N-dealkylation sites (tertiary alicyclic amines) is 1. The summed E-state index contributed by atoms with van der Waals surface area (Å²) >= 11 is 0. The maximum Gasteiger partial charge on any atom is 0.224 e. The van der Waals surface area contributed by atoms with Crippen LogP contribution in [0.5, 0.6) is 0 Å². The Hall–Kier alpha value is -2.04. The number of piperidine rings is 1. The SMILES string of the molecule is O=C(CCNc1nccc2occc12)N1CCCCC1. The van der Waals surface area contributed by atoms with Gasteiger partial charge in [0.25, 0.3) is 0 Å². The van der Waals surface area contributed by atoms with Gasteiger partial charge in [0, 0.05) is 32.3 Å². The molecule has 2 aromatic heterocycles. The largest absolute Gasteiger partial charge is 0.464 e. The van der Waals surface area contributed by atoms with Crippen LogP contribution in [-0.4, -0.2) is 35.4 Å². The zero-order chi connectivity index (χ0) is 13.8. The summed E-state index contributed by atoms with van der Waals surface area (Å²) in [6, 6.07) is 3.72. The van der Waals surface area contributed by atoms with Crippen LogP contribution in [0.1, 0.15) is 25.7 Å². The first-order valence-electron chi connectivity index (χ1n) is 7.18. The first kappa shape index (κ1) is 13.0. The third-order valence-corrected chi connectivity index (χ3v) is 3.72. The highest BCUT2D eigenvalue weighted by Gasteiger charge is 2.15. The van der Waals surface area contributed by atoms with Crippen LogP contribution in [0.2, 0.25) is 0 Å². The summed E-state index contributed by atoms with van der Waals surface area (Å²) in [5.41, 5.74) is 0.810. The molecule has 1 N–H and O–H groups in total. The first-order valence-corrected chi connectivity index (χ1v) is 7.18. The Kier molecular flexibility index (Phi) is 3.85. The lowest BCUT2D eigenvalue weighted by atomic mass is 10.1. The molecular formula is C15H19N3O2. The summed E-state index contributed by atoms with van der Waals surface area (Å²) in [7, 11) is 0. The molecule has 0 atom stereocenters. The Morgan fingerprint density at radius 2 is 2.15 bits per heavy atom. The predicted octanol–water partition coefficient (Wildman–Crippen LogP) is 2.64. The average molecular weight is 273 g/mol. The van der Waals surface area contributed by atoms with Crippen LogP contribution in [0.4, 0.5) is 5.82 Å². The van der Waals surface area contributed by atoms with Gasteiger partial charge in [-0.3, -0.25) is 4.79 Å². The van der Waals surface area contributed by atoms with E-state index in [4.69, 9.17) is 4.42 Å². The third-order valence-electron chi connectivity index (χ3n) is 3.72. The van der Waals surface area contributed by atoms with Crippen molar-refractivity contribution in [2.75, 3.05) is 25.0 Å². The number of carbonyl (C=O) groups is 1. The second kappa shape index (κ2) is 5.94. The molecule has 0 aliphatic carbocycles. The van der Waals surface area contributed by atoms with Gasteiger partial charge in [-0.15, -0.1) is 0 Å². The minimum atomic E-state index is 0.233. The lowest BCUT2D eigenvalue weighted by Gasteiger charge is -2.26. The Morgan fingerprint density at radius 1 is 1.30 bits per heavy atom. The third kappa shape index (κ3) is 2.76. The van der Waals surface area contributed by atoms with Crippen LogP contribution in [0, 0.1) is 0 Å². The van der Waals surface area contributed by atoms with Gasteiger partial charge in [0.1, 0.15) is 11.4 Å². The number of amides is 1. The monoisotopic (exact) mass is 273 g/mol. The van der Waals surface area contributed by atoms with E-state index in [2.05, 4.69) is 10.3 Å². The van der Waals surface area contributed by atoms with Crippen LogP contribution >= 0.6 is 0 Å². The van der Waals surface area contributed by atoms with Crippen LogP contribution in [0.15, 0.2) is 29.0 Å². The van der Waals surface area contributed by atoms with Gasteiger partial charge in [-0.2, -0.15) is 0 Å². The van der Waals surface area contributed by atoms with Crippen LogP contribution in [0.25, 0.3) is 11.0 Å². The number of nitrogens with zero attached hydrogens (tertiary/aromatic N) is 2. The van der Waals surface area contributed by atoms with E-state index >= 15 is 0 Å². The molecule has 1 aliphatic heterocycles. The molecule has 0 unspecified atom stereocenters. The van der Waals surface area contributed by atoms with Gasteiger partial charge >= 0.3 is 0 Å². The molecule has 5 heteroatoms. The fourth-order valence-electron chi connectivity index (χ4n) is 2.62. The fourth-order valence-corrected chi connectivity index (χ4v) is 2.62. The van der Waals surface area contributed by atoms with E-state index < -0.39 is 0 Å². The molecule has 0 aromatic carbocycles. The van der Waals surface area contributed by atoms with Gasteiger partial charge < -0.3 is 14.6 Å². The topological polar surface area (TPSA) is 58.4 Å². The van der Waals surface area contributed by atoms with Gasteiger partial charge in [0.15, 0.2) is 0 Å². The molecule has 0 radical (unpaired) electrons. The lowest BCUT2D eigenvalue weighted by Crippen LogP contribution is -2.36. The summed E-state index contributed by atoms with van der Waals surface area (Å²) in [4.78, 5) is 18.3. The maximum absolute atomic E-state index is 12.0. The molecule has 1 aliphatic rings. The van der Waals surface area contributed by atoms with E-state index in [1.54, 1.807) is 12.5 Å². The number of aromatic nitrogens is 1. The molecule has 3 heterocycles. The molecule has 0 spiro atoms. The summed E-state index contributed by atoms with van der Waals surface area (Å²) in [6.45, 7) is 2.43. The number of hydrogen-bond acceptors (Lipinski definition) is 4. The van der Waals surface area contributed by atoms with Crippen LogP contribution in [-0.2, 0) is 4.79 Å². The Balaban J connectivity index is 1.54. The number of nitrogens with one attached hydrogen (secondary N) is 1. The Labute approximate surface area is 118 Å². The molecule has 1 amide bonds. The number of rotatable bonds is 4. The number of hydrogen-bond donors (Lipinski definition) is 1. The van der Waals surface area contributed by atoms with Crippen molar-refractivity contribution in [3.63, 3.8) is 0 Å². The van der Waals surface area contributed by atoms with Gasteiger partial charge in [0.05, 0.1) is 11.6 Å². The molecule has 20 heavy (non-hydrogen) atoms.